The van der Waals surface area contributed by atoms with Crippen LogP contribution in [0.2, 0.25) is 0 Å². The molecule has 2 aromatic carbocycles. The first kappa shape index (κ1) is 16.6. The summed E-state index contributed by atoms with van der Waals surface area (Å²) in [6.45, 7) is 1.17. The summed E-state index contributed by atoms with van der Waals surface area (Å²) in [5, 5.41) is 7.99. The molecule has 0 aliphatic carbocycles. The van der Waals surface area contributed by atoms with Crippen molar-refractivity contribution in [2.45, 2.75) is 13.1 Å². The Labute approximate surface area is 158 Å². The van der Waals surface area contributed by atoms with Crippen LogP contribution in [0.15, 0.2) is 75.9 Å². The van der Waals surface area contributed by atoms with Gasteiger partial charge in [-0.05, 0) is 45.3 Å². The molecule has 26 heavy (non-hydrogen) atoms. The van der Waals surface area contributed by atoms with E-state index in [0.717, 1.165) is 27.5 Å². The van der Waals surface area contributed by atoms with E-state index in [1.54, 1.807) is 12.3 Å². The van der Waals surface area contributed by atoms with Crippen LogP contribution in [-0.2, 0) is 13.1 Å². The van der Waals surface area contributed by atoms with Gasteiger partial charge in [0.25, 0.3) is 5.91 Å². The summed E-state index contributed by atoms with van der Waals surface area (Å²) in [5.41, 5.74) is 2.87. The van der Waals surface area contributed by atoms with E-state index < -0.39 is 0 Å². The molecule has 6 heteroatoms. The Bertz CT molecular complexity index is 1040. The Hall–Kier alpha value is -2.86. The summed E-state index contributed by atoms with van der Waals surface area (Å²) >= 11 is 3.43. The summed E-state index contributed by atoms with van der Waals surface area (Å²) in [4.78, 5) is 12.3. The van der Waals surface area contributed by atoms with Gasteiger partial charge >= 0.3 is 0 Å². The number of carbonyl (C=O) groups excluding carboxylic acids is 1. The molecule has 4 rings (SSSR count). The third-order valence-corrected chi connectivity index (χ3v) is 4.72. The molecule has 0 atom stereocenters. The molecule has 1 N–H and O–H groups in total. The van der Waals surface area contributed by atoms with Crippen LogP contribution in [-0.4, -0.2) is 15.7 Å². The summed E-state index contributed by atoms with van der Waals surface area (Å²) in [6, 6.07) is 17.5. The van der Waals surface area contributed by atoms with Crippen LogP contribution >= 0.6 is 15.9 Å². The predicted octanol–water partition coefficient (Wildman–Crippen LogP) is 4.37. The Morgan fingerprint density at radius 3 is 2.65 bits per heavy atom. The van der Waals surface area contributed by atoms with Crippen molar-refractivity contribution >= 4 is 32.8 Å². The topological polar surface area (TPSA) is 60.1 Å². The molecule has 2 heterocycles. The lowest BCUT2D eigenvalue weighted by molar-refractivity contribution is 0.0925. The SMILES string of the molecule is O=C(NCc1ccc(Cn2cccn2)cc1)c1cc2cccc(Br)c2o1. The minimum Gasteiger partial charge on any atom is -0.450 e. The van der Waals surface area contributed by atoms with Crippen LogP contribution in [0.25, 0.3) is 11.0 Å². The molecule has 0 fully saturated rings. The largest absolute Gasteiger partial charge is 0.450 e. The molecular formula is C20H16BrN3O2. The highest BCUT2D eigenvalue weighted by Gasteiger charge is 2.13. The average molecular weight is 410 g/mol. The molecular weight excluding hydrogens is 394 g/mol. The fourth-order valence-electron chi connectivity index (χ4n) is 2.75. The maximum absolute atomic E-state index is 12.3. The number of aromatic nitrogens is 2. The Morgan fingerprint density at radius 1 is 1.12 bits per heavy atom. The number of hydrogen-bond acceptors (Lipinski definition) is 3. The smallest absolute Gasteiger partial charge is 0.287 e. The van der Waals surface area contributed by atoms with Crippen molar-refractivity contribution in [3.8, 4) is 0 Å². The maximum atomic E-state index is 12.3. The minimum absolute atomic E-state index is 0.228. The monoisotopic (exact) mass is 409 g/mol. The number of fused-ring (bicyclic) bond motifs is 1. The molecule has 0 bridgehead atoms. The normalized spacial score (nSPS) is 11.0. The van der Waals surface area contributed by atoms with Crippen LogP contribution < -0.4 is 5.32 Å². The molecule has 2 aromatic heterocycles. The van der Waals surface area contributed by atoms with Gasteiger partial charge in [0.15, 0.2) is 5.76 Å². The molecule has 0 unspecified atom stereocenters. The van der Waals surface area contributed by atoms with E-state index in [1.165, 1.54) is 0 Å². The Morgan fingerprint density at radius 2 is 1.92 bits per heavy atom. The van der Waals surface area contributed by atoms with Crippen LogP contribution in [0.5, 0.6) is 0 Å². The molecule has 5 nitrogen and oxygen atoms in total. The highest BCUT2D eigenvalue weighted by Crippen LogP contribution is 2.26. The van der Waals surface area contributed by atoms with Crippen molar-refractivity contribution < 1.29 is 9.21 Å². The first-order valence-corrected chi connectivity index (χ1v) is 9.00. The second-order valence-corrected chi connectivity index (χ2v) is 6.83. The van der Waals surface area contributed by atoms with Crippen molar-refractivity contribution in [3.05, 3.63) is 88.4 Å². The number of nitrogens with one attached hydrogen (secondary N) is 1. The standard InChI is InChI=1S/C20H16BrN3O2/c21-17-4-1-3-16-11-18(26-19(16)17)20(25)22-12-14-5-7-15(8-6-14)13-24-10-2-9-23-24/h1-11H,12-13H2,(H,22,25). The number of benzene rings is 2. The zero-order chi connectivity index (χ0) is 17.9. The minimum atomic E-state index is -0.228. The first-order chi connectivity index (χ1) is 12.7. The fourth-order valence-corrected chi connectivity index (χ4v) is 3.21. The van der Waals surface area contributed by atoms with Crippen molar-refractivity contribution in [1.82, 2.24) is 15.1 Å². The molecule has 1 amide bonds. The third-order valence-electron chi connectivity index (χ3n) is 4.10. The molecule has 0 saturated heterocycles. The lowest BCUT2D eigenvalue weighted by Crippen LogP contribution is -2.22. The zero-order valence-electron chi connectivity index (χ0n) is 13.9. The number of furan rings is 1. The van der Waals surface area contributed by atoms with Gasteiger partial charge in [-0.15, -0.1) is 0 Å². The van der Waals surface area contributed by atoms with E-state index >= 15 is 0 Å². The van der Waals surface area contributed by atoms with Crippen molar-refractivity contribution in [1.29, 1.82) is 0 Å². The molecule has 4 aromatic rings. The van der Waals surface area contributed by atoms with Gasteiger partial charge in [0.05, 0.1) is 11.0 Å². The predicted molar refractivity (Wildman–Crippen MR) is 103 cm³/mol. The summed E-state index contributed by atoms with van der Waals surface area (Å²) in [6.07, 6.45) is 3.69. The number of hydrogen-bond donors (Lipinski definition) is 1. The number of rotatable bonds is 5. The molecule has 0 saturated carbocycles. The van der Waals surface area contributed by atoms with E-state index in [-0.39, 0.29) is 5.91 Å². The summed E-state index contributed by atoms with van der Waals surface area (Å²) < 4.78 is 8.36. The highest BCUT2D eigenvalue weighted by molar-refractivity contribution is 9.10. The van der Waals surface area contributed by atoms with E-state index in [9.17, 15) is 4.79 Å². The number of halogens is 1. The fraction of sp³-hybridized carbons (Fsp3) is 0.100. The van der Waals surface area contributed by atoms with Gasteiger partial charge in [0.2, 0.25) is 0 Å². The Balaban J connectivity index is 1.39. The average Bonchev–Trinajstić information content (AvgIpc) is 3.31. The van der Waals surface area contributed by atoms with Crippen LogP contribution in [0.4, 0.5) is 0 Å². The van der Waals surface area contributed by atoms with Crippen molar-refractivity contribution in [2.75, 3.05) is 0 Å². The van der Waals surface area contributed by atoms with Crippen LogP contribution in [0.3, 0.4) is 0 Å². The summed E-state index contributed by atoms with van der Waals surface area (Å²) in [5.74, 6) is 0.0796. The lowest BCUT2D eigenvalue weighted by atomic mass is 10.1. The van der Waals surface area contributed by atoms with Crippen LogP contribution in [0, 0.1) is 0 Å². The maximum Gasteiger partial charge on any atom is 0.287 e. The lowest BCUT2D eigenvalue weighted by Gasteiger charge is -2.06. The van der Waals surface area contributed by atoms with E-state index in [1.807, 2.05) is 59.4 Å². The zero-order valence-corrected chi connectivity index (χ0v) is 15.4. The Kier molecular flexibility index (Phi) is 4.58. The molecule has 0 spiro atoms. The van der Waals surface area contributed by atoms with Crippen LogP contribution in [0.1, 0.15) is 21.7 Å². The van der Waals surface area contributed by atoms with Crippen molar-refractivity contribution in [3.63, 3.8) is 0 Å². The van der Waals surface area contributed by atoms with E-state index in [4.69, 9.17) is 4.42 Å². The van der Waals surface area contributed by atoms with Gasteiger partial charge in [-0.3, -0.25) is 9.48 Å². The number of nitrogens with zero attached hydrogens (tertiary/aromatic N) is 2. The molecule has 0 aliphatic rings. The number of amides is 1. The van der Waals surface area contributed by atoms with Gasteiger partial charge in [-0.25, -0.2) is 0 Å². The van der Waals surface area contributed by atoms with Gasteiger partial charge in [0, 0.05) is 24.3 Å². The van der Waals surface area contributed by atoms with E-state index in [2.05, 4.69) is 26.3 Å². The van der Waals surface area contributed by atoms with Gasteiger partial charge in [0.1, 0.15) is 5.58 Å². The third kappa shape index (κ3) is 3.55. The molecule has 0 aliphatic heterocycles. The molecule has 130 valence electrons. The quantitative estimate of drug-likeness (QED) is 0.532. The number of carbonyl (C=O) groups is 1. The van der Waals surface area contributed by atoms with Crippen molar-refractivity contribution in [2.24, 2.45) is 0 Å². The van der Waals surface area contributed by atoms with E-state index in [0.29, 0.717) is 17.9 Å². The second kappa shape index (κ2) is 7.17. The summed E-state index contributed by atoms with van der Waals surface area (Å²) in [7, 11) is 0. The van der Waals surface area contributed by atoms with Gasteiger partial charge < -0.3 is 9.73 Å². The number of para-hydroxylation sites is 1. The second-order valence-electron chi connectivity index (χ2n) is 5.97. The first-order valence-electron chi connectivity index (χ1n) is 8.20. The highest BCUT2D eigenvalue weighted by atomic mass is 79.9. The van der Waals surface area contributed by atoms with Gasteiger partial charge in [-0.1, -0.05) is 36.4 Å². The van der Waals surface area contributed by atoms with Gasteiger partial charge in [-0.2, -0.15) is 5.10 Å². The molecule has 0 radical (unpaired) electrons.